The topological polar surface area (TPSA) is 55.1 Å². The number of nitrogens with one attached hydrogen (secondary N) is 1. The number of benzene rings is 2. The number of thioether (sulfide) groups is 2. The monoisotopic (exact) mass is 416 g/mol. The second-order valence-corrected chi connectivity index (χ2v) is 9.25. The fourth-order valence-corrected chi connectivity index (χ4v) is 5.86. The minimum absolute atomic E-state index is 0.233. The Morgan fingerprint density at radius 1 is 1.11 bits per heavy atom. The zero-order valence-corrected chi connectivity index (χ0v) is 16.7. The van der Waals surface area contributed by atoms with Gasteiger partial charge in [-0.15, -0.1) is 23.5 Å². The van der Waals surface area contributed by atoms with Crippen LogP contribution in [0.1, 0.15) is 27.1 Å². The molecule has 3 aromatic rings. The van der Waals surface area contributed by atoms with Crippen LogP contribution in [0.25, 0.3) is 11.3 Å². The van der Waals surface area contributed by atoms with E-state index in [-0.39, 0.29) is 11.6 Å². The van der Waals surface area contributed by atoms with Crippen molar-refractivity contribution in [3.8, 4) is 11.3 Å². The number of hydrogen-bond acceptors (Lipinski definition) is 5. The zero-order chi connectivity index (χ0) is 18.6. The number of aromatic nitrogens is 1. The normalized spacial score (nSPS) is 14.9. The molecule has 2 aromatic carbocycles. The largest absolute Gasteiger partial charge is 0.355 e. The molecule has 1 aromatic heterocycles. The average molecular weight is 417 g/mol. The first-order valence-electron chi connectivity index (χ1n) is 8.56. The van der Waals surface area contributed by atoms with Gasteiger partial charge >= 0.3 is 0 Å². The molecular formula is C20H17ClN2O2S2. The van der Waals surface area contributed by atoms with Crippen LogP contribution >= 0.6 is 35.1 Å². The van der Waals surface area contributed by atoms with E-state index in [0.717, 1.165) is 11.3 Å². The molecular weight excluding hydrogens is 400 g/mol. The summed E-state index contributed by atoms with van der Waals surface area (Å²) in [5.74, 6) is 2.57. The molecule has 1 N–H and O–H groups in total. The van der Waals surface area contributed by atoms with Crippen molar-refractivity contribution >= 4 is 46.7 Å². The van der Waals surface area contributed by atoms with E-state index in [2.05, 4.69) is 16.5 Å². The summed E-state index contributed by atoms with van der Waals surface area (Å²) in [5.41, 5.74) is 3.00. The van der Waals surface area contributed by atoms with Crippen molar-refractivity contribution < 1.29 is 9.32 Å². The molecule has 7 heteroatoms. The van der Waals surface area contributed by atoms with E-state index in [0.29, 0.717) is 15.4 Å². The highest BCUT2D eigenvalue weighted by Crippen LogP contribution is 2.44. The maximum atomic E-state index is 12.5. The second-order valence-electron chi connectivity index (χ2n) is 6.09. The summed E-state index contributed by atoms with van der Waals surface area (Å²) in [6.45, 7) is 0. The van der Waals surface area contributed by atoms with Crippen LogP contribution in [0.2, 0.25) is 5.02 Å². The quantitative estimate of drug-likeness (QED) is 0.555. The van der Waals surface area contributed by atoms with E-state index in [1.165, 1.54) is 23.5 Å². The van der Waals surface area contributed by atoms with Crippen molar-refractivity contribution in [1.29, 1.82) is 0 Å². The first-order chi connectivity index (χ1) is 13.2. The first-order valence-corrected chi connectivity index (χ1v) is 11.0. The molecule has 1 amide bonds. The van der Waals surface area contributed by atoms with Gasteiger partial charge < -0.3 is 9.84 Å². The molecule has 138 valence electrons. The highest BCUT2D eigenvalue weighted by Gasteiger charge is 2.18. The van der Waals surface area contributed by atoms with Gasteiger partial charge in [-0.05, 0) is 47.8 Å². The summed E-state index contributed by atoms with van der Waals surface area (Å²) in [6.07, 6.45) is 1.25. The maximum Gasteiger partial charge on any atom is 0.277 e. The van der Waals surface area contributed by atoms with Crippen LogP contribution in [0, 0.1) is 0 Å². The molecule has 0 radical (unpaired) electrons. The lowest BCUT2D eigenvalue weighted by molar-refractivity contribution is 0.101. The van der Waals surface area contributed by atoms with E-state index >= 15 is 0 Å². The Hall–Kier alpha value is -1.89. The van der Waals surface area contributed by atoms with Gasteiger partial charge in [0, 0.05) is 22.3 Å². The third-order valence-electron chi connectivity index (χ3n) is 4.10. The smallest absolute Gasteiger partial charge is 0.277 e. The molecule has 1 aliphatic rings. The highest BCUT2D eigenvalue weighted by atomic mass is 35.5. The van der Waals surface area contributed by atoms with Gasteiger partial charge in [-0.1, -0.05) is 41.0 Å². The fraction of sp³-hybridized carbons (Fsp3) is 0.200. The average Bonchev–Trinajstić information content (AvgIpc) is 3.19. The molecule has 0 atom stereocenters. The van der Waals surface area contributed by atoms with Crippen molar-refractivity contribution in [2.75, 3.05) is 16.8 Å². The van der Waals surface area contributed by atoms with Crippen molar-refractivity contribution in [2.45, 2.75) is 11.0 Å². The molecule has 0 saturated carbocycles. The number of nitrogens with zero attached hydrogens (tertiary/aromatic N) is 1. The van der Waals surface area contributed by atoms with Gasteiger partial charge in [-0.25, -0.2) is 0 Å². The number of carbonyl (C=O) groups excluding carboxylic acids is 1. The highest BCUT2D eigenvalue weighted by molar-refractivity contribution is 8.16. The summed E-state index contributed by atoms with van der Waals surface area (Å²) < 4.78 is 5.74. The lowest BCUT2D eigenvalue weighted by Crippen LogP contribution is -2.12. The number of amides is 1. The SMILES string of the molecule is O=C(Nc1cccc(C2SCCCS2)c1)c1cc(-c2cccc(Cl)c2)on1. The number of rotatable bonds is 4. The molecule has 0 aliphatic carbocycles. The summed E-state index contributed by atoms with van der Waals surface area (Å²) in [4.78, 5) is 12.5. The third kappa shape index (κ3) is 4.51. The standard InChI is InChI=1S/C20H17ClN2O2S2/c21-15-6-1-4-13(10-15)18-12-17(23-25-18)19(24)22-16-7-2-5-14(11-16)20-26-8-3-9-27-20/h1-2,4-7,10-12,20H,3,8-9H2,(H,22,24). The molecule has 4 rings (SSSR count). The predicted octanol–water partition coefficient (Wildman–Crippen LogP) is 6.12. The van der Waals surface area contributed by atoms with Crippen LogP contribution < -0.4 is 5.32 Å². The Balaban J connectivity index is 1.48. The molecule has 0 unspecified atom stereocenters. The van der Waals surface area contributed by atoms with E-state index in [1.54, 1.807) is 18.2 Å². The molecule has 0 bridgehead atoms. The maximum absolute atomic E-state index is 12.5. The first kappa shape index (κ1) is 18.5. The molecule has 27 heavy (non-hydrogen) atoms. The minimum Gasteiger partial charge on any atom is -0.355 e. The molecule has 1 fully saturated rings. The van der Waals surface area contributed by atoms with E-state index in [1.807, 2.05) is 53.9 Å². The number of carbonyl (C=O) groups is 1. The Morgan fingerprint density at radius 3 is 2.74 bits per heavy atom. The number of anilines is 1. The lowest BCUT2D eigenvalue weighted by Gasteiger charge is -2.21. The van der Waals surface area contributed by atoms with Gasteiger partial charge in [-0.2, -0.15) is 0 Å². The Labute approximate surface area is 171 Å². The van der Waals surface area contributed by atoms with E-state index in [4.69, 9.17) is 16.1 Å². The van der Waals surface area contributed by atoms with Crippen molar-refractivity contribution in [3.05, 3.63) is 70.9 Å². The third-order valence-corrected chi connectivity index (χ3v) is 7.35. The van der Waals surface area contributed by atoms with Crippen LogP contribution in [0.5, 0.6) is 0 Å². The Bertz CT molecular complexity index is 954. The van der Waals surface area contributed by atoms with E-state index in [9.17, 15) is 4.79 Å². The van der Waals surface area contributed by atoms with E-state index < -0.39 is 0 Å². The molecule has 1 saturated heterocycles. The molecule has 0 spiro atoms. The second kappa shape index (κ2) is 8.42. The van der Waals surface area contributed by atoms with Crippen LogP contribution in [-0.2, 0) is 0 Å². The van der Waals surface area contributed by atoms with Crippen molar-refractivity contribution in [3.63, 3.8) is 0 Å². The molecule has 2 heterocycles. The predicted molar refractivity (Wildman–Crippen MR) is 114 cm³/mol. The molecule has 4 nitrogen and oxygen atoms in total. The minimum atomic E-state index is -0.298. The zero-order valence-electron chi connectivity index (χ0n) is 14.4. The summed E-state index contributed by atoms with van der Waals surface area (Å²) >= 11 is 9.91. The van der Waals surface area contributed by atoms with Crippen LogP contribution in [0.3, 0.4) is 0 Å². The van der Waals surface area contributed by atoms with Crippen molar-refractivity contribution in [1.82, 2.24) is 5.16 Å². The lowest BCUT2D eigenvalue weighted by atomic mass is 10.1. The van der Waals surface area contributed by atoms with Gasteiger partial charge in [-0.3, -0.25) is 4.79 Å². The van der Waals surface area contributed by atoms with Crippen molar-refractivity contribution in [2.24, 2.45) is 0 Å². The molecule has 1 aliphatic heterocycles. The van der Waals surface area contributed by atoms with Gasteiger partial charge in [0.25, 0.3) is 5.91 Å². The van der Waals surface area contributed by atoms with Gasteiger partial charge in [0.15, 0.2) is 11.5 Å². The Morgan fingerprint density at radius 2 is 1.93 bits per heavy atom. The fourth-order valence-electron chi connectivity index (χ4n) is 2.80. The van der Waals surface area contributed by atoms with Gasteiger partial charge in [0.2, 0.25) is 0 Å². The summed E-state index contributed by atoms with van der Waals surface area (Å²) in [7, 11) is 0. The number of halogens is 1. The Kier molecular flexibility index (Phi) is 5.76. The van der Waals surface area contributed by atoms with Crippen LogP contribution in [-0.4, -0.2) is 22.6 Å². The van der Waals surface area contributed by atoms with Gasteiger partial charge in [0.1, 0.15) is 0 Å². The van der Waals surface area contributed by atoms with Crippen LogP contribution in [0.15, 0.2) is 59.1 Å². The summed E-state index contributed by atoms with van der Waals surface area (Å²) in [5, 5.41) is 7.40. The van der Waals surface area contributed by atoms with Gasteiger partial charge in [0.05, 0.1) is 4.58 Å². The summed E-state index contributed by atoms with van der Waals surface area (Å²) in [6, 6.07) is 16.9. The number of hydrogen-bond donors (Lipinski definition) is 1. The van der Waals surface area contributed by atoms with Crippen LogP contribution in [0.4, 0.5) is 5.69 Å².